The van der Waals surface area contributed by atoms with Gasteiger partial charge in [-0.3, -0.25) is 0 Å². The van der Waals surface area contributed by atoms with Crippen LogP contribution in [0.15, 0.2) is 54.6 Å². The Hall–Kier alpha value is -1.58. The molecule has 1 atom stereocenters. The second-order valence-electron chi connectivity index (χ2n) is 4.46. The summed E-state index contributed by atoms with van der Waals surface area (Å²) in [6, 6.07) is 18.5. The van der Waals surface area contributed by atoms with Crippen molar-refractivity contribution >= 4 is 24.4 Å². The van der Waals surface area contributed by atoms with Crippen LogP contribution in [0.3, 0.4) is 0 Å². The predicted molar refractivity (Wildman–Crippen MR) is 79.8 cm³/mol. The average Bonchev–Trinajstić information content (AvgIpc) is 2.40. The third kappa shape index (κ3) is 2.47. The molecule has 94 valence electrons. The summed E-state index contributed by atoms with van der Waals surface area (Å²) in [7, 11) is -2.11. The van der Waals surface area contributed by atoms with Crippen LogP contribution < -0.4 is 16.1 Å². The van der Waals surface area contributed by atoms with Gasteiger partial charge in [0.25, 0.3) is 8.32 Å². The molecule has 2 nitrogen and oxygen atoms in total. The zero-order chi connectivity index (χ0) is 13.0. The van der Waals surface area contributed by atoms with Crippen LogP contribution in [-0.2, 0) is 4.43 Å². The van der Waals surface area contributed by atoms with E-state index in [1.54, 1.807) is 0 Å². The first-order valence-electron chi connectivity index (χ1n) is 6.22. The second-order valence-corrected chi connectivity index (χ2v) is 7.97. The number of rotatable bonds is 4. The summed E-state index contributed by atoms with van der Waals surface area (Å²) in [5.74, 6) is 0. The summed E-state index contributed by atoms with van der Waals surface area (Å²) >= 11 is 0. The Labute approximate surface area is 110 Å². The molecule has 0 amide bonds. The second kappa shape index (κ2) is 5.37. The minimum atomic E-state index is -2.11. The van der Waals surface area contributed by atoms with Crippen molar-refractivity contribution in [1.82, 2.24) is 0 Å². The van der Waals surface area contributed by atoms with Gasteiger partial charge in [-0.15, -0.1) is 0 Å². The fourth-order valence-electron chi connectivity index (χ4n) is 2.21. The van der Waals surface area contributed by atoms with Crippen molar-refractivity contribution in [3.63, 3.8) is 0 Å². The highest BCUT2D eigenvalue weighted by molar-refractivity contribution is 6.96. The van der Waals surface area contributed by atoms with E-state index in [1.165, 1.54) is 10.4 Å². The molecule has 2 N–H and O–H groups in total. The number of hydrogen-bond acceptors (Lipinski definition) is 2. The standard InChI is InChI=1S/C15H19NOSi/c1-3-17-18(2,14-9-5-4-6-10-14)15-11-7-8-13(16)12-15/h4-12H,3,16H2,1-2H3. The highest BCUT2D eigenvalue weighted by Gasteiger charge is 2.33. The van der Waals surface area contributed by atoms with Crippen molar-refractivity contribution < 1.29 is 4.43 Å². The number of anilines is 1. The smallest absolute Gasteiger partial charge is 0.252 e. The van der Waals surface area contributed by atoms with Crippen LogP contribution in [0, 0.1) is 0 Å². The molecule has 18 heavy (non-hydrogen) atoms. The lowest BCUT2D eigenvalue weighted by molar-refractivity contribution is 0.343. The van der Waals surface area contributed by atoms with Crippen molar-refractivity contribution in [3.8, 4) is 0 Å². The molecule has 2 rings (SSSR count). The van der Waals surface area contributed by atoms with Gasteiger partial charge in [0, 0.05) is 12.3 Å². The highest BCUT2D eigenvalue weighted by Crippen LogP contribution is 2.09. The molecule has 0 aliphatic heterocycles. The Kier molecular flexibility index (Phi) is 3.84. The molecule has 0 saturated heterocycles. The van der Waals surface area contributed by atoms with Crippen LogP contribution >= 0.6 is 0 Å². The number of nitrogens with two attached hydrogens (primary N) is 1. The predicted octanol–water partition coefficient (Wildman–Crippen LogP) is 1.99. The van der Waals surface area contributed by atoms with Gasteiger partial charge in [-0.2, -0.15) is 0 Å². The molecular formula is C15H19NOSi. The molecule has 2 aromatic carbocycles. The molecular weight excluding hydrogens is 238 g/mol. The average molecular weight is 257 g/mol. The van der Waals surface area contributed by atoms with Gasteiger partial charge in [0.1, 0.15) is 0 Å². The maximum absolute atomic E-state index is 6.14. The molecule has 0 bridgehead atoms. The third-order valence-electron chi connectivity index (χ3n) is 3.20. The number of nitrogen functional groups attached to an aromatic ring is 1. The quantitative estimate of drug-likeness (QED) is 0.671. The topological polar surface area (TPSA) is 35.2 Å². The molecule has 0 heterocycles. The summed E-state index contributed by atoms with van der Waals surface area (Å²) in [6.07, 6.45) is 0. The molecule has 0 spiro atoms. The largest absolute Gasteiger partial charge is 0.408 e. The fourth-order valence-corrected chi connectivity index (χ4v) is 5.14. The van der Waals surface area contributed by atoms with Gasteiger partial charge < -0.3 is 10.2 Å². The number of benzene rings is 2. The summed E-state index contributed by atoms with van der Waals surface area (Å²) in [5, 5.41) is 2.49. The Bertz CT molecular complexity index is 515. The lowest BCUT2D eigenvalue weighted by atomic mass is 10.3. The van der Waals surface area contributed by atoms with Crippen molar-refractivity contribution in [2.75, 3.05) is 12.3 Å². The lowest BCUT2D eigenvalue weighted by Crippen LogP contribution is -2.58. The zero-order valence-electron chi connectivity index (χ0n) is 10.9. The van der Waals surface area contributed by atoms with Crippen molar-refractivity contribution in [2.24, 2.45) is 0 Å². The molecule has 2 aromatic rings. The molecule has 0 aromatic heterocycles. The van der Waals surface area contributed by atoms with Gasteiger partial charge in [-0.1, -0.05) is 42.5 Å². The van der Waals surface area contributed by atoms with E-state index in [9.17, 15) is 0 Å². The molecule has 0 fully saturated rings. The summed E-state index contributed by atoms with van der Waals surface area (Å²) in [4.78, 5) is 0. The molecule has 0 radical (unpaired) electrons. The normalized spacial score (nSPS) is 14.1. The third-order valence-corrected chi connectivity index (χ3v) is 6.91. The fraction of sp³-hybridized carbons (Fsp3) is 0.200. The van der Waals surface area contributed by atoms with Crippen LogP contribution in [0.25, 0.3) is 0 Å². The first-order chi connectivity index (χ1) is 8.66. The Morgan fingerprint density at radius 2 is 1.67 bits per heavy atom. The number of hydrogen-bond donors (Lipinski definition) is 1. The van der Waals surface area contributed by atoms with Crippen LogP contribution in [-0.4, -0.2) is 14.9 Å². The van der Waals surface area contributed by atoms with Gasteiger partial charge >= 0.3 is 0 Å². The lowest BCUT2D eigenvalue weighted by Gasteiger charge is -2.28. The Balaban J connectivity index is 2.50. The van der Waals surface area contributed by atoms with Crippen LogP contribution in [0.5, 0.6) is 0 Å². The summed E-state index contributed by atoms with van der Waals surface area (Å²) in [5.41, 5.74) is 6.69. The summed E-state index contributed by atoms with van der Waals surface area (Å²) in [6.45, 7) is 4.98. The van der Waals surface area contributed by atoms with E-state index >= 15 is 0 Å². The van der Waals surface area contributed by atoms with E-state index in [1.807, 2.05) is 31.2 Å². The maximum Gasteiger partial charge on any atom is 0.252 e. The highest BCUT2D eigenvalue weighted by atomic mass is 28.4. The van der Waals surface area contributed by atoms with Gasteiger partial charge in [0.05, 0.1) is 0 Å². The minimum absolute atomic E-state index is 0.715. The van der Waals surface area contributed by atoms with Gasteiger partial charge in [-0.05, 0) is 36.0 Å². The van der Waals surface area contributed by atoms with E-state index in [0.717, 1.165) is 5.69 Å². The van der Waals surface area contributed by atoms with Crippen molar-refractivity contribution in [1.29, 1.82) is 0 Å². The maximum atomic E-state index is 6.14. The van der Waals surface area contributed by atoms with Crippen molar-refractivity contribution in [2.45, 2.75) is 13.5 Å². The first kappa shape index (κ1) is 12.9. The van der Waals surface area contributed by atoms with Gasteiger partial charge in [-0.25, -0.2) is 0 Å². The molecule has 0 saturated carbocycles. The van der Waals surface area contributed by atoms with Crippen LogP contribution in [0.1, 0.15) is 6.92 Å². The first-order valence-corrected chi connectivity index (χ1v) is 8.63. The Morgan fingerprint density at radius 1 is 1.00 bits per heavy atom. The van der Waals surface area contributed by atoms with E-state index in [2.05, 4.69) is 36.9 Å². The SMILES string of the molecule is CCO[Si](C)(c1ccccc1)c1cccc(N)c1. The van der Waals surface area contributed by atoms with Crippen LogP contribution in [0.2, 0.25) is 6.55 Å². The van der Waals surface area contributed by atoms with Crippen LogP contribution in [0.4, 0.5) is 5.69 Å². The monoisotopic (exact) mass is 257 g/mol. The Morgan fingerprint density at radius 3 is 2.28 bits per heavy atom. The van der Waals surface area contributed by atoms with E-state index < -0.39 is 8.32 Å². The van der Waals surface area contributed by atoms with E-state index in [0.29, 0.717) is 6.61 Å². The van der Waals surface area contributed by atoms with Gasteiger partial charge in [0.15, 0.2) is 0 Å². The van der Waals surface area contributed by atoms with E-state index in [-0.39, 0.29) is 0 Å². The van der Waals surface area contributed by atoms with Crippen molar-refractivity contribution in [3.05, 3.63) is 54.6 Å². The van der Waals surface area contributed by atoms with E-state index in [4.69, 9.17) is 10.2 Å². The molecule has 0 aliphatic rings. The molecule has 1 unspecified atom stereocenters. The van der Waals surface area contributed by atoms with Gasteiger partial charge in [0.2, 0.25) is 0 Å². The minimum Gasteiger partial charge on any atom is -0.408 e. The molecule has 3 heteroatoms. The summed E-state index contributed by atoms with van der Waals surface area (Å²) < 4.78 is 6.14. The molecule has 0 aliphatic carbocycles. The zero-order valence-corrected chi connectivity index (χ0v) is 11.9.